The monoisotopic (exact) mass is 439 g/mol. The van der Waals surface area contributed by atoms with Crippen LogP contribution in [0.2, 0.25) is 0 Å². The maximum atomic E-state index is 13.6. The zero-order valence-corrected chi connectivity index (χ0v) is 19.3. The van der Waals surface area contributed by atoms with Gasteiger partial charge in [-0.05, 0) is 81.7 Å². The summed E-state index contributed by atoms with van der Waals surface area (Å²) in [5, 5.41) is 2.78. The van der Waals surface area contributed by atoms with E-state index in [1.54, 1.807) is 43.4 Å². The van der Waals surface area contributed by atoms with Crippen molar-refractivity contribution in [2.45, 2.75) is 65.5 Å². The molecular weight excluding hydrogens is 409 g/mol. The molecule has 2 bridgehead atoms. The first-order chi connectivity index (χ1) is 15.1. The Hall–Kier alpha value is -2.96. The molecule has 2 fully saturated rings. The van der Waals surface area contributed by atoms with Crippen molar-refractivity contribution in [3.05, 3.63) is 52.1 Å². The Morgan fingerprint density at radius 2 is 1.69 bits per heavy atom. The van der Waals surface area contributed by atoms with Crippen LogP contribution in [0.15, 0.2) is 18.2 Å². The van der Waals surface area contributed by atoms with Crippen LogP contribution in [-0.4, -0.2) is 39.1 Å². The number of nitrogens with one attached hydrogen (secondary N) is 1. The van der Waals surface area contributed by atoms with E-state index in [1.165, 1.54) is 12.1 Å². The van der Waals surface area contributed by atoms with Crippen LogP contribution in [0.1, 0.15) is 70.3 Å². The van der Waals surface area contributed by atoms with E-state index >= 15 is 0 Å². The number of fused-ring (bicyclic) bond motifs is 2. The fourth-order valence-electron chi connectivity index (χ4n) is 5.55. The lowest BCUT2D eigenvalue weighted by atomic mass is 9.92. The van der Waals surface area contributed by atoms with Crippen molar-refractivity contribution < 1.29 is 18.8 Å². The van der Waals surface area contributed by atoms with Gasteiger partial charge in [0.25, 0.3) is 17.6 Å². The highest BCUT2D eigenvalue weighted by Gasteiger charge is 2.44. The van der Waals surface area contributed by atoms with Gasteiger partial charge in [-0.15, -0.1) is 0 Å². The molecule has 1 aromatic heterocycles. The first kappa shape index (κ1) is 22.2. The van der Waals surface area contributed by atoms with Crippen molar-refractivity contribution >= 4 is 23.3 Å². The lowest BCUT2D eigenvalue weighted by Crippen LogP contribution is -2.49. The number of carbonyl (C=O) groups excluding carboxylic acids is 3. The molecule has 1 unspecified atom stereocenters. The quantitative estimate of drug-likeness (QED) is 0.570. The van der Waals surface area contributed by atoms with Crippen molar-refractivity contribution in [1.29, 1.82) is 0 Å². The minimum Gasteiger partial charge on any atom is -0.344 e. The van der Waals surface area contributed by atoms with Crippen molar-refractivity contribution in [1.82, 2.24) is 9.47 Å². The molecule has 2 saturated heterocycles. The van der Waals surface area contributed by atoms with Gasteiger partial charge in [0.05, 0.1) is 11.3 Å². The van der Waals surface area contributed by atoms with E-state index in [2.05, 4.69) is 12.2 Å². The molecule has 0 spiro atoms. The zero-order chi connectivity index (χ0) is 23.3. The lowest BCUT2D eigenvalue weighted by Gasteiger charge is -2.37. The van der Waals surface area contributed by atoms with Crippen LogP contribution >= 0.6 is 0 Å². The van der Waals surface area contributed by atoms with E-state index in [0.29, 0.717) is 34.0 Å². The minimum atomic E-state index is -0.559. The SMILES string of the molecule is Cc1cc(NC(=O)c2c(C)c(C(=O)C(=O)N3[C@@H]4CC[C@H]3CC(C)C4)n(C)c2C)ccc1F. The average molecular weight is 440 g/mol. The number of amides is 2. The average Bonchev–Trinajstić information content (AvgIpc) is 3.13. The number of benzene rings is 1. The number of rotatable bonds is 4. The maximum Gasteiger partial charge on any atom is 0.297 e. The third-order valence-corrected chi connectivity index (χ3v) is 7.19. The largest absolute Gasteiger partial charge is 0.344 e. The molecule has 2 aliphatic rings. The Bertz CT molecular complexity index is 1110. The Morgan fingerprint density at radius 1 is 1.06 bits per heavy atom. The van der Waals surface area contributed by atoms with E-state index in [-0.39, 0.29) is 29.5 Å². The van der Waals surface area contributed by atoms with Gasteiger partial charge in [-0.1, -0.05) is 6.92 Å². The highest BCUT2D eigenvalue weighted by atomic mass is 19.1. The molecule has 0 radical (unpaired) electrons. The number of nitrogens with zero attached hydrogens (tertiary/aromatic N) is 2. The number of hydrogen-bond acceptors (Lipinski definition) is 3. The van der Waals surface area contributed by atoms with Gasteiger partial charge in [0.1, 0.15) is 5.82 Å². The molecule has 1 aromatic carbocycles. The molecule has 1 N–H and O–H groups in total. The maximum absolute atomic E-state index is 13.6. The summed E-state index contributed by atoms with van der Waals surface area (Å²) in [6, 6.07) is 4.62. The predicted octanol–water partition coefficient (Wildman–Crippen LogP) is 4.31. The molecule has 2 aliphatic heterocycles. The normalized spacial score (nSPS) is 22.2. The van der Waals surface area contributed by atoms with E-state index in [0.717, 1.165) is 25.7 Å². The Labute approximate surface area is 187 Å². The second kappa shape index (κ2) is 8.19. The zero-order valence-electron chi connectivity index (χ0n) is 19.3. The number of anilines is 1. The van der Waals surface area contributed by atoms with Gasteiger partial charge in [0, 0.05) is 30.5 Å². The second-order valence-corrected chi connectivity index (χ2v) is 9.41. The number of hydrogen-bond donors (Lipinski definition) is 1. The number of halogens is 1. The van der Waals surface area contributed by atoms with Crippen molar-refractivity contribution in [3.8, 4) is 0 Å². The fraction of sp³-hybridized carbons (Fsp3) is 0.480. The van der Waals surface area contributed by atoms with Crippen LogP contribution in [0, 0.1) is 32.5 Å². The summed E-state index contributed by atoms with van der Waals surface area (Å²) in [6.45, 7) is 7.28. The topological polar surface area (TPSA) is 71.4 Å². The third kappa shape index (κ3) is 3.63. The Morgan fingerprint density at radius 3 is 2.28 bits per heavy atom. The Kier molecular flexibility index (Phi) is 5.69. The molecule has 2 aromatic rings. The highest BCUT2D eigenvalue weighted by Crippen LogP contribution is 2.39. The van der Waals surface area contributed by atoms with Crippen LogP contribution in [-0.2, 0) is 11.8 Å². The van der Waals surface area contributed by atoms with Crippen molar-refractivity contribution in [2.75, 3.05) is 5.32 Å². The smallest absolute Gasteiger partial charge is 0.297 e. The van der Waals surface area contributed by atoms with Gasteiger partial charge in [0.15, 0.2) is 0 Å². The van der Waals surface area contributed by atoms with Crippen LogP contribution in [0.4, 0.5) is 10.1 Å². The fourth-order valence-corrected chi connectivity index (χ4v) is 5.55. The summed E-state index contributed by atoms with van der Waals surface area (Å²) >= 11 is 0. The number of aryl methyl sites for hydroxylation is 1. The van der Waals surface area contributed by atoms with Gasteiger partial charge in [-0.2, -0.15) is 0 Å². The molecule has 6 nitrogen and oxygen atoms in total. The molecule has 3 heterocycles. The first-order valence-corrected chi connectivity index (χ1v) is 11.2. The number of piperidine rings is 1. The van der Waals surface area contributed by atoms with E-state index in [4.69, 9.17) is 0 Å². The summed E-state index contributed by atoms with van der Waals surface area (Å²) < 4.78 is 15.2. The number of aromatic nitrogens is 1. The van der Waals surface area contributed by atoms with E-state index in [9.17, 15) is 18.8 Å². The molecule has 4 rings (SSSR count). The van der Waals surface area contributed by atoms with Crippen LogP contribution in [0.3, 0.4) is 0 Å². The molecule has 3 atom stereocenters. The van der Waals surface area contributed by atoms with Crippen LogP contribution in [0.25, 0.3) is 0 Å². The predicted molar refractivity (Wildman–Crippen MR) is 120 cm³/mol. The van der Waals surface area contributed by atoms with Gasteiger partial charge < -0.3 is 14.8 Å². The van der Waals surface area contributed by atoms with Gasteiger partial charge in [0.2, 0.25) is 0 Å². The van der Waals surface area contributed by atoms with Gasteiger partial charge in [-0.3, -0.25) is 14.4 Å². The minimum absolute atomic E-state index is 0.131. The molecular formula is C25H30FN3O3. The molecule has 32 heavy (non-hydrogen) atoms. The lowest BCUT2D eigenvalue weighted by molar-refractivity contribution is -0.131. The van der Waals surface area contributed by atoms with Crippen LogP contribution in [0.5, 0.6) is 0 Å². The summed E-state index contributed by atoms with van der Waals surface area (Å²) in [5.74, 6) is -1.19. The van der Waals surface area contributed by atoms with Gasteiger partial charge >= 0.3 is 0 Å². The first-order valence-electron chi connectivity index (χ1n) is 11.2. The summed E-state index contributed by atoms with van der Waals surface area (Å²) in [4.78, 5) is 41.4. The summed E-state index contributed by atoms with van der Waals surface area (Å²) in [7, 11) is 1.70. The molecule has 170 valence electrons. The summed E-state index contributed by atoms with van der Waals surface area (Å²) in [5.41, 5.74) is 2.60. The number of Topliss-reactive ketones (excluding diaryl/α,β-unsaturated/α-hetero) is 1. The second-order valence-electron chi connectivity index (χ2n) is 9.41. The van der Waals surface area contributed by atoms with Gasteiger partial charge in [-0.25, -0.2) is 4.39 Å². The third-order valence-electron chi connectivity index (χ3n) is 7.19. The molecule has 0 aliphatic carbocycles. The standard InChI is InChI=1S/C25H30FN3O3/c1-13-10-18-7-8-19(11-13)29(18)25(32)23(30)22-15(3)21(16(4)28(22)5)24(31)27-17-6-9-20(26)14(2)12-17/h6,9,12-13,18-19H,7-8,10-11H2,1-5H3,(H,27,31)/t13?,18-,19+. The van der Waals surface area contributed by atoms with Crippen molar-refractivity contribution in [3.63, 3.8) is 0 Å². The van der Waals surface area contributed by atoms with Crippen LogP contribution < -0.4 is 5.32 Å². The molecule has 2 amide bonds. The van der Waals surface area contributed by atoms with E-state index < -0.39 is 11.7 Å². The number of ketones is 1. The van der Waals surface area contributed by atoms with E-state index in [1.807, 2.05) is 0 Å². The highest BCUT2D eigenvalue weighted by molar-refractivity contribution is 6.43. The van der Waals surface area contributed by atoms with Crippen molar-refractivity contribution in [2.24, 2.45) is 13.0 Å². The Balaban J connectivity index is 1.61. The molecule has 0 saturated carbocycles. The summed E-state index contributed by atoms with van der Waals surface area (Å²) in [6.07, 6.45) is 3.77. The number of carbonyl (C=O) groups is 3. The molecule has 7 heteroatoms.